The molecule has 0 atom stereocenters. The summed E-state index contributed by atoms with van der Waals surface area (Å²) in [5, 5.41) is 8.14. The Labute approximate surface area is 105 Å². The van der Waals surface area contributed by atoms with E-state index in [2.05, 4.69) is 15.2 Å². The van der Waals surface area contributed by atoms with Crippen LogP contribution in [0.25, 0.3) is 0 Å². The number of rotatable bonds is 4. The number of hydrogen-bond donors (Lipinski definition) is 0. The van der Waals surface area contributed by atoms with Crippen LogP contribution in [0, 0.1) is 0 Å². The maximum Gasteiger partial charge on any atom is 0.151 e. The number of halogens is 1. The Balaban J connectivity index is 2.06. The molecule has 2 aromatic rings. The van der Waals surface area contributed by atoms with E-state index in [0.29, 0.717) is 5.88 Å². The Hall–Kier alpha value is -1.68. The minimum Gasteiger partial charge on any atom is -0.354 e. The molecule has 88 valence electrons. The number of pyridine rings is 1. The van der Waals surface area contributed by atoms with Crippen molar-refractivity contribution in [2.45, 2.75) is 12.4 Å². The summed E-state index contributed by atoms with van der Waals surface area (Å²) in [6.07, 6.45) is 3.61. The van der Waals surface area contributed by atoms with Crippen LogP contribution in [0.15, 0.2) is 36.7 Å². The largest absolute Gasteiger partial charge is 0.354 e. The summed E-state index contributed by atoms with van der Waals surface area (Å²) < 4.78 is 0. The maximum absolute atomic E-state index is 5.66. The van der Waals surface area contributed by atoms with Crippen molar-refractivity contribution < 1.29 is 0 Å². The number of alkyl halides is 1. The van der Waals surface area contributed by atoms with Gasteiger partial charge in [0.15, 0.2) is 5.82 Å². The van der Waals surface area contributed by atoms with E-state index in [1.54, 1.807) is 6.20 Å². The predicted octanol–water partition coefficient (Wildman–Crippen LogP) is 2.25. The van der Waals surface area contributed by atoms with Crippen LogP contribution in [-0.4, -0.2) is 22.2 Å². The molecule has 0 aliphatic heterocycles. The van der Waals surface area contributed by atoms with Gasteiger partial charge in [0, 0.05) is 26.0 Å². The van der Waals surface area contributed by atoms with Crippen molar-refractivity contribution in [2.24, 2.45) is 0 Å². The Kier molecular flexibility index (Phi) is 3.88. The van der Waals surface area contributed by atoms with Gasteiger partial charge in [0.05, 0.1) is 11.6 Å². The first-order valence-corrected chi connectivity index (χ1v) is 5.81. The van der Waals surface area contributed by atoms with Crippen LogP contribution in [0.1, 0.15) is 11.3 Å². The van der Waals surface area contributed by atoms with Gasteiger partial charge in [0.2, 0.25) is 0 Å². The molecule has 17 heavy (non-hydrogen) atoms. The predicted molar refractivity (Wildman–Crippen MR) is 67.9 cm³/mol. The lowest BCUT2D eigenvalue weighted by Crippen LogP contribution is -2.18. The molecule has 0 amide bonds. The molecular formula is C12H13ClN4. The van der Waals surface area contributed by atoms with Gasteiger partial charge >= 0.3 is 0 Å². The van der Waals surface area contributed by atoms with Crippen molar-refractivity contribution in [3.63, 3.8) is 0 Å². The summed E-state index contributed by atoms with van der Waals surface area (Å²) in [7, 11) is 1.97. The molecular weight excluding hydrogens is 236 g/mol. The first kappa shape index (κ1) is 11.8. The highest BCUT2D eigenvalue weighted by Crippen LogP contribution is 2.11. The topological polar surface area (TPSA) is 41.9 Å². The second kappa shape index (κ2) is 5.59. The fourth-order valence-corrected chi connectivity index (χ4v) is 1.62. The van der Waals surface area contributed by atoms with E-state index in [9.17, 15) is 0 Å². The highest BCUT2D eigenvalue weighted by atomic mass is 35.5. The summed E-state index contributed by atoms with van der Waals surface area (Å²) in [4.78, 5) is 6.09. The van der Waals surface area contributed by atoms with Gasteiger partial charge in [-0.25, -0.2) is 0 Å². The molecule has 0 saturated carbocycles. The summed E-state index contributed by atoms with van der Waals surface area (Å²) in [5.74, 6) is 1.21. The van der Waals surface area contributed by atoms with Gasteiger partial charge in [0.25, 0.3) is 0 Å². The van der Waals surface area contributed by atoms with E-state index in [4.69, 9.17) is 11.6 Å². The van der Waals surface area contributed by atoms with Gasteiger partial charge in [-0.3, -0.25) is 4.98 Å². The summed E-state index contributed by atoms with van der Waals surface area (Å²) in [5.41, 5.74) is 1.92. The monoisotopic (exact) mass is 248 g/mol. The summed E-state index contributed by atoms with van der Waals surface area (Å²) in [6.45, 7) is 0.753. The molecule has 2 heterocycles. The van der Waals surface area contributed by atoms with Crippen molar-refractivity contribution in [1.82, 2.24) is 15.2 Å². The van der Waals surface area contributed by atoms with E-state index in [1.165, 1.54) is 0 Å². The molecule has 2 rings (SSSR count). The van der Waals surface area contributed by atoms with Crippen molar-refractivity contribution in [1.29, 1.82) is 0 Å². The average Bonchev–Trinajstić information content (AvgIpc) is 2.40. The van der Waals surface area contributed by atoms with Crippen molar-refractivity contribution in [2.75, 3.05) is 11.9 Å². The van der Waals surface area contributed by atoms with Crippen LogP contribution in [0.4, 0.5) is 5.82 Å². The molecule has 5 heteroatoms. The van der Waals surface area contributed by atoms with Crippen LogP contribution >= 0.6 is 11.6 Å². The zero-order chi connectivity index (χ0) is 12.1. The molecule has 0 N–H and O–H groups in total. The molecule has 0 aliphatic carbocycles. The number of nitrogens with zero attached hydrogens (tertiary/aromatic N) is 4. The normalized spacial score (nSPS) is 10.2. The smallest absolute Gasteiger partial charge is 0.151 e. The van der Waals surface area contributed by atoms with Gasteiger partial charge in [-0.05, 0) is 23.8 Å². The molecule has 0 radical (unpaired) electrons. The second-order valence-electron chi connectivity index (χ2n) is 3.73. The van der Waals surface area contributed by atoms with Crippen LogP contribution < -0.4 is 4.90 Å². The van der Waals surface area contributed by atoms with Crippen molar-refractivity contribution in [3.8, 4) is 0 Å². The molecule has 2 aromatic heterocycles. The van der Waals surface area contributed by atoms with E-state index in [-0.39, 0.29) is 0 Å². The average molecular weight is 249 g/mol. The zero-order valence-electron chi connectivity index (χ0n) is 9.55. The summed E-state index contributed by atoms with van der Waals surface area (Å²) >= 11 is 5.66. The molecule has 0 aromatic carbocycles. The van der Waals surface area contributed by atoms with Gasteiger partial charge in [-0.1, -0.05) is 6.07 Å². The SMILES string of the molecule is CN(Cc1cccnc1)c1ccc(CCl)nn1. The number of aromatic nitrogens is 3. The van der Waals surface area contributed by atoms with E-state index >= 15 is 0 Å². The lowest BCUT2D eigenvalue weighted by atomic mass is 10.2. The lowest BCUT2D eigenvalue weighted by Gasteiger charge is -2.17. The highest BCUT2D eigenvalue weighted by Gasteiger charge is 2.04. The molecule has 0 fully saturated rings. The first-order valence-electron chi connectivity index (χ1n) is 5.28. The van der Waals surface area contributed by atoms with Crippen LogP contribution in [0.5, 0.6) is 0 Å². The third-order valence-corrected chi connectivity index (χ3v) is 2.65. The quantitative estimate of drug-likeness (QED) is 0.779. The van der Waals surface area contributed by atoms with Gasteiger partial charge in [-0.15, -0.1) is 16.7 Å². The lowest BCUT2D eigenvalue weighted by molar-refractivity contribution is 0.851. The fourth-order valence-electron chi connectivity index (χ4n) is 1.47. The Morgan fingerprint density at radius 3 is 2.71 bits per heavy atom. The van der Waals surface area contributed by atoms with E-state index in [0.717, 1.165) is 23.6 Å². The standard InChI is InChI=1S/C12H13ClN4/c1-17(9-10-3-2-6-14-8-10)12-5-4-11(7-13)15-16-12/h2-6,8H,7,9H2,1H3. The van der Waals surface area contributed by atoms with Gasteiger partial charge in [0.1, 0.15) is 0 Å². The van der Waals surface area contributed by atoms with Crippen LogP contribution in [0.3, 0.4) is 0 Å². The zero-order valence-corrected chi connectivity index (χ0v) is 10.3. The van der Waals surface area contributed by atoms with Crippen LogP contribution in [0.2, 0.25) is 0 Å². The fraction of sp³-hybridized carbons (Fsp3) is 0.250. The molecule has 0 saturated heterocycles. The van der Waals surface area contributed by atoms with E-state index in [1.807, 2.05) is 42.4 Å². The Bertz CT molecular complexity index is 458. The number of anilines is 1. The number of hydrogen-bond acceptors (Lipinski definition) is 4. The molecule has 0 spiro atoms. The van der Waals surface area contributed by atoms with Gasteiger partial charge in [-0.2, -0.15) is 5.10 Å². The summed E-state index contributed by atoms with van der Waals surface area (Å²) in [6, 6.07) is 7.76. The van der Waals surface area contributed by atoms with Crippen molar-refractivity contribution >= 4 is 17.4 Å². The first-order chi connectivity index (χ1) is 8.29. The third-order valence-electron chi connectivity index (χ3n) is 2.38. The third kappa shape index (κ3) is 3.14. The maximum atomic E-state index is 5.66. The van der Waals surface area contributed by atoms with Crippen molar-refractivity contribution in [3.05, 3.63) is 47.9 Å². The molecule has 0 bridgehead atoms. The minimum absolute atomic E-state index is 0.388. The van der Waals surface area contributed by atoms with Gasteiger partial charge < -0.3 is 4.90 Å². The Morgan fingerprint density at radius 1 is 1.24 bits per heavy atom. The molecule has 4 nitrogen and oxygen atoms in total. The molecule has 0 unspecified atom stereocenters. The molecule has 0 aliphatic rings. The minimum atomic E-state index is 0.388. The van der Waals surface area contributed by atoms with E-state index < -0.39 is 0 Å². The Morgan fingerprint density at radius 2 is 2.12 bits per heavy atom. The second-order valence-corrected chi connectivity index (χ2v) is 4.00. The highest BCUT2D eigenvalue weighted by molar-refractivity contribution is 6.16. The van der Waals surface area contributed by atoms with Crippen LogP contribution in [-0.2, 0) is 12.4 Å².